The molecule has 0 bridgehead atoms. The zero-order valence-electron chi connectivity index (χ0n) is 9.66. The van der Waals surface area contributed by atoms with Crippen molar-refractivity contribution >= 4 is 28.9 Å². The van der Waals surface area contributed by atoms with Crippen LogP contribution in [0.4, 0.5) is 5.69 Å². The van der Waals surface area contributed by atoms with Gasteiger partial charge in [-0.3, -0.25) is 16.0 Å². The van der Waals surface area contributed by atoms with Gasteiger partial charge in [-0.1, -0.05) is 12.1 Å². The Labute approximate surface area is 107 Å². The second-order valence-corrected chi connectivity index (χ2v) is 4.45. The predicted molar refractivity (Wildman–Crippen MR) is 70.2 cm³/mol. The van der Waals surface area contributed by atoms with Gasteiger partial charge in [-0.25, -0.2) is 4.21 Å². The summed E-state index contributed by atoms with van der Waals surface area (Å²) in [6, 6.07) is 6.90. The molecule has 0 saturated heterocycles. The van der Waals surface area contributed by atoms with Crippen molar-refractivity contribution in [3.8, 4) is 0 Å². The first-order chi connectivity index (χ1) is 8.49. The normalized spacial score (nSPS) is 14.2. The van der Waals surface area contributed by atoms with Crippen LogP contribution in [0.1, 0.15) is 12.5 Å². The number of hydrazone groups is 1. The van der Waals surface area contributed by atoms with Crippen LogP contribution in [0.15, 0.2) is 29.4 Å². The van der Waals surface area contributed by atoms with Gasteiger partial charge in [0.2, 0.25) is 5.91 Å². The van der Waals surface area contributed by atoms with Gasteiger partial charge in [0.1, 0.15) is 0 Å². The molecule has 1 rings (SSSR count). The Morgan fingerprint density at radius 1 is 1.50 bits per heavy atom. The second kappa shape index (κ2) is 6.84. The Morgan fingerprint density at radius 3 is 2.61 bits per heavy atom. The third kappa shape index (κ3) is 5.04. The summed E-state index contributed by atoms with van der Waals surface area (Å²) in [5, 5.41) is 6.34. The maximum atomic E-state index is 10.8. The van der Waals surface area contributed by atoms with E-state index in [1.807, 2.05) is 0 Å². The molecule has 0 aliphatic rings. The molecule has 5 N–H and O–H groups in total. The van der Waals surface area contributed by atoms with Crippen LogP contribution < -0.4 is 16.5 Å². The second-order valence-electron chi connectivity index (χ2n) is 3.39. The van der Waals surface area contributed by atoms with Crippen LogP contribution in [0, 0.1) is 0 Å². The van der Waals surface area contributed by atoms with Gasteiger partial charge in [-0.05, 0) is 17.7 Å². The summed E-state index contributed by atoms with van der Waals surface area (Å²) in [4.78, 5) is 10.8. The highest BCUT2D eigenvalue weighted by Crippen LogP contribution is 2.07. The van der Waals surface area contributed by atoms with Crippen molar-refractivity contribution in [3.05, 3.63) is 29.8 Å². The monoisotopic (exact) mass is 270 g/mol. The van der Waals surface area contributed by atoms with E-state index in [0.717, 1.165) is 5.56 Å². The smallest absolute Gasteiger partial charge is 0.221 e. The molecule has 8 heteroatoms. The maximum absolute atomic E-state index is 10.8. The maximum Gasteiger partial charge on any atom is 0.221 e. The highest BCUT2D eigenvalue weighted by Gasteiger charge is 2.04. The Balaban J connectivity index is 2.55. The van der Waals surface area contributed by atoms with Gasteiger partial charge in [0.25, 0.3) is 0 Å². The first-order valence-electron chi connectivity index (χ1n) is 5.00. The van der Waals surface area contributed by atoms with E-state index in [2.05, 4.69) is 15.8 Å². The molecule has 7 nitrogen and oxygen atoms in total. The Morgan fingerprint density at radius 2 is 2.11 bits per heavy atom. The summed E-state index contributed by atoms with van der Waals surface area (Å²) < 4.78 is 19.1. The van der Waals surface area contributed by atoms with Crippen molar-refractivity contribution < 1.29 is 13.6 Å². The molecule has 0 aliphatic carbocycles. The van der Waals surface area contributed by atoms with Gasteiger partial charge < -0.3 is 9.87 Å². The summed E-state index contributed by atoms with van der Waals surface area (Å²) >= 11 is -2.17. The molecular formula is C10H14N4O3S. The number of benzene rings is 1. The fraction of sp³-hybridized carbons (Fsp3) is 0.200. The molecule has 0 spiro atoms. The molecule has 1 amide bonds. The molecule has 2 unspecified atom stereocenters. The number of carbonyl (C=O) groups excluding carboxylic acids is 1. The van der Waals surface area contributed by atoms with E-state index in [4.69, 9.17) is 10.3 Å². The van der Waals surface area contributed by atoms with Crippen LogP contribution in [0.25, 0.3) is 0 Å². The van der Waals surface area contributed by atoms with Crippen LogP contribution in [0.5, 0.6) is 0 Å². The van der Waals surface area contributed by atoms with Gasteiger partial charge in [-0.2, -0.15) is 5.10 Å². The first-order valence-corrected chi connectivity index (χ1v) is 6.17. The fourth-order valence-corrected chi connectivity index (χ4v) is 1.24. The third-order valence-corrected chi connectivity index (χ3v) is 2.40. The minimum absolute atomic E-state index is 0.144. The average Bonchev–Trinajstić information content (AvgIpc) is 2.30. The van der Waals surface area contributed by atoms with Crippen molar-refractivity contribution in [2.45, 2.75) is 12.4 Å². The fourth-order valence-electron chi connectivity index (χ4n) is 1.09. The zero-order chi connectivity index (χ0) is 13.5. The molecule has 2 atom stereocenters. The Bertz CT molecular complexity index is 461. The zero-order valence-corrected chi connectivity index (χ0v) is 10.5. The van der Waals surface area contributed by atoms with Gasteiger partial charge in [-0.15, -0.1) is 0 Å². The largest absolute Gasteiger partial charge is 0.326 e. The summed E-state index contributed by atoms with van der Waals surface area (Å²) in [5.74, 6) is -0.144. The van der Waals surface area contributed by atoms with E-state index in [9.17, 15) is 9.00 Å². The molecule has 0 saturated carbocycles. The van der Waals surface area contributed by atoms with Crippen molar-refractivity contribution in [1.82, 2.24) is 5.43 Å². The first kappa shape index (κ1) is 14.3. The van der Waals surface area contributed by atoms with Crippen LogP contribution in [0.2, 0.25) is 0 Å². The van der Waals surface area contributed by atoms with E-state index in [-0.39, 0.29) is 5.91 Å². The topological polar surface area (TPSA) is 117 Å². The van der Waals surface area contributed by atoms with Crippen LogP contribution in [-0.2, 0) is 15.9 Å². The van der Waals surface area contributed by atoms with E-state index >= 15 is 0 Å². The lowest BCUT2D eigenvalue weighted by atomic mass is 10.2. The highest BCUT2D eigenvalue weighted by molar-refractivity contribution is 7.79. The Kier molecular flexibility index (Phi) is 5.43. The van der Waals surface area contributed by atoms with Gasteiger partial charge in [0, 0.05) is 12.6 Å². The number of nitrogens with zero attached hydrogens (tertiary/aromatic N) is 1. The predicted octanol–water partition coefficient (Wildman–Crippen LogP) is 0.0325. The number of anilines is 1. The summed E-state index contributed by atoms with van der Waals surface area (Å²) in [7, 11) is 0. The quantitative estimate of drug-likeness (QED) is 0.261. The number of amides is 1. The molecule has 0 aliphatic heterocycles. The molecule has 1 aromatic rings. The van der Waals surface area contributed by atoms with E-state index in [1.54, 1.807) is 24.3 Å². The molecule has 0 aromatic heterocycles. The third-order valence-electron chi connectivity index (χ3n) is 1.86. The lowest BCUT2D eigenvalue weighted by Gasteiger charge is -2.05. The lowest BCUT2D eigenvalue weighted by Crippen LogP contribution is -2.37. The summed E-state index contributed by atoms with van der Waals surface area (Å²) in [6.07, 6.45) is 1.45. The minimum Gasteiger partial charge on any atom is -0.326 e. The molecular weight excluding hydrogens is 256 g/mol. The SMILES string of the molecule is CC(=O)Nc1ccc(/C=N/NC(N)S(=O)O)cc1. The number of hydrogen-bond donors (Lipinski definition) is 4. The van der Waals surface area contributed by atoms with Gasteiger partial charge in [0.15, 0.2) is 16.6 Å². The van der Waals surface area contributed by atoms with Crippen LogP contribution in [0.3, 0.4) is 0 Å². The minimum atomic E-state index is -2.17. The van der Waals surface area contributed by atoms with E-state index in [0.29, 0.717) is 5.69 Å². The van der Waals surface area contributed by atoms with Crippen molar-refractivity contribution in [2.24, 2.45) is 10.8 Å². The number of nitrogens with one attached hydrogen (secondary N) is 2. The average molecular weight is 270 g/mol. The molecule has 1 aromatic carbocycles. The highest BCUT2D eigenvalue weighted by atomic mass is 32.2. The molecule has 0 heterocycles. The number of rotatable bonds is 5. The summed E-state index contributed by atoms with van der Waals surface area (Å²) in [6.45, 7) is 1.43. The van der Waals surface area contributed by atoms with Crippen molar-refractivity contribution in [2.75, 3.05) is 5.32 Å². The lowest BCUT2D eigenvalue weighted by molar-refractivity contribution is -0.114. The molecule has 18 heavy (non-hydrogen) atoms. The number of carbonyl (C=O) groups is 1. The molecule has 0 radical (unpaired) electrons. The standard InChI is InChI=1S/C10H14N4O3S/c1-7(15)13-9-4-2-8(3-5-9)6-12-14-10(11)18(16)17/h2-6,10,14H,11H2,1H3,(H,13,15)(H,16,17)/b12-6+. The number of nitrogens with two attached hydrogens (primary N) is 1. The van der Waals surface area contributed by atoms with Gasteiger partial charge >= 0.3 is 0 Å². The van der Waals surface area contributed by atoms with Crippen molar-refractivity contribution in [1.29, 1.82) is 0 Å². The number of hydrogen-bond acceptors (Lipinski definition) is 5. The molecule has 0 fully saturated rings. The molecule has 98 valence electrons. The van der Waals surface area contributed by atoms with Crippen LogP contribution >= 0.6 is 0 Å². The van der Waals surface area contributed by atoms with Gasteiger partial charge in [0.05, 0.1) is 6.21 Å². The van der Waals surface area contributed by atoms with Crippen LogP contribution in [-0.4, -0.2) is 26.4 Å². The van der Waals surface area contributed by atoms with Crippen molar-refractivity contribution in [3.63, 3.8) is 0 Å². The van der Waals surface area contributed by atoms with E-state index < -0.39 is 16.6 Å². The summed E-state index contributed by atoms with van der Waals surface area (Å²) in [5.41, 5.74) is 7.85. The van der Waals surface area contributed by atoms with E-state index in [1.165, 1.54) is 13.1 Å². The Hall–Kier alpha value is -1.77.